The molecule has 0 atom stereocenters. The zero-order valence-electron chi connectivity index (χ0n) is 22.5. The molecule has 0 aliphatic carbocycles. The highest BCUT2D eigenvalue weighted by Crippen LogP contribution is 2.61. The van der Waals surface area contributed by atoms with Gasteiger partial charge in [-0.25, -0.2) is 0 Å². The normalized spacial score (nSPS) is 11.6. The molecule has 0 nitrogen and oxygen atoms in total. The van der Waals surface area contributed by atoms with E-state index in [0.717, 1.165) is 0 Å². The summed E-state index contributed by atoms with van der Waals surface area (Å²) in [6, 6.07) is 0. The van der Waals surface area contributed by atoms with Gasteiger partial charge in [0.15, 0.2) is 0 Å². The first-order valence-electron chi connectivity index (χ1n) is 14.6. The Hall–Kier alpha value is 0.720. The second-order valence-electron chi connectivity index (χ2n) is 10.2. The SMILES string of the molecule is CCCCCCCC[P+](CCCCC)(CCCCCCCC)CCCCCCCC.[Cl-]. The van der Waals surface area contributed by atoms with Crippen molar-refractivity contribution in [1.29, 1.82) is 0 Å². The molecular weight excluding hydrogens is 415 g/mol. The molecule has 0 radical (unpaired) electrons. The van der Waals surface area contributed by atoms with Crippen LogP contribution in [-0.2, 0) is 0 Å². The van der Waals surface area contributed by atoms with Gasteiger partial charge in [0, 0.05) is 7.26 Å². The minimum atomic E-state index is -0.693. The monoisotopic (exact) mass is 476 g/mol. The lowest BCUT2D eigenvalue weighted by Gasteiger charge is -2.28. The van der Waals surface area contributed by atoms with E-state index in [4.69, 9.17) is 0 Å². The number of unbranched alkanes of at least 4 members (excludes halogenated alkanes) is 17. The van der Waals surface area contributed by atoms with Gasteiger partial charge in [-0.15, -0.1) is 0 Å². The highest BCUT2D eigenvalue weighted by atomic mass is 35.5. The molecule has 0 aromatic carbocycles. The second-order valence-corrected chi connectivity index (χ2v) is 14.7. The van der Waals surface area contributed by atoms with Crippen LogP contribution in [0.5, 0.6) is 0 Å². The molecule has 190 valence electrons. The fourth-order valence-corrected chi connectivity index (χ4v) is 9.97. The van der Waals surface area contributed by atoms with Crippen LogP contribution in [0.15, 0.2) is 0 Å². The van der Waals surface area contributed by atoms with Crippen LogP contribution in [0.1, 0.15) is 163 Å². The first-order chi connectivity index (χ1) is 14.7. The Bertz CT molecular complexity index is 277. The summed E-state index contributed by atoms with van der Waals surface area (Å²) in [6.07, 6.45) is 37.6. The molecule has 0 aromatic heterocycles. The minimum absolute atomic E-state index is 0. The lowest BCUT2D eigenvalue weighted by atomic mass is 10.1. The van der Waals surface area contributed by atoms with Crippen LogP contribution in [0, 0.1) is 0 Å². The molecule has 0 aromatic rings. The molecule has 31 heavy (non-hydrogen) atoms. The standard InChI is InChI=1S/C29H62P.ClH/c1-5-9-13-16-19-23-27-30(26-22-12-8-4,28-24-20-17-14-10-6-2)29-25-21-18-15-11-7-3;/h5-29H2,1-4H3;1H/q+1;/p-1. The minimum Gasteiger partial charge on any atom is -1.00 e. The average molecular weight is 477 g/mol. The summed E-state index contributed by atoms with van der Waals surface area (Å²) in [7, 11) is -0.693. The predicted octanol–water partition coefficient (Wildman–Crippen LogP) is 8.28. The predicted molar refractivity (Wildman–Crippen MR) is 146 cm³/mol. The van der Waals surface area contributed by atoms with Crippen molar-refractivity contribution in [2.45, 2.75) is 163 Å². The lowest BCUT2D eigenvalue weighted by Crippen LogP contribution is -3.00. The first-order valence-corrected chi connectivity index (χ1v) is 17.1. The molecule has 0 spiro atoms. The average Bonchev–Trinajstić information content (AvgIpc) is 2.75. The molecule has 0 rings (SSSR count). The van der Waals surface area contributed by atoms with E-state index in [-0.39, 0.29) is 12.4 Å². The van der Waals surface area contributed by atoms with E-state index >= 15 is 0 Å². The van der Waals surface area contributed by atoms with E-state index in [1.54, 1.807) is 43.9 Å². The van der Waals surface area contributed by atoms with Gasteiger partial charge in [-0.1, -0.05) is 118 Å². The summed E-state index contributed by atoms with van der Waals surface area (Å²) in [6.45, 7) is 9.40. The zero-order chi connectivity index (χ0) is 22.2. The first kappa shape index (κ1) is 33.9. The van der Waals surface area contributed by atoms with Crippen LogP contribution in [0.4, 0.5) is 0 Å². The van der Waals surface area contributed by atoms with Crippen LogP contribution >= 0.6 is 7.26 Å². The molecule has 0 saturated heterocycles. The van der Waals surface area contributed by atoms with Crippen LogP contribution in [0.2, 0.25) is 0 Å². The van der Waals surface area contributed by atoms with Gasteiger partial charge in [0.25, 0.3) is 0 Å². The second kappa shape index (κ2) is 27.0. The molecule has 0 aliphatic rings. The zero-order valence-corrected chi connectivity index (χ0v) is 24.2. The fourth-order valence-electron chi connectivity index (χ4n) is 5.05. The van der Waals surface area contributed by atoms with Crippen LogP contribution in [-0.4, -0.2) is 24.6 Å². The van der Waals surface area contributed by atoms with Gasteiger partial charge in [-0.3, -0.25) is 0 Å². The Morgan fingerprint density at radius 1 is 0.290 bits per heavy atom. The van der Waals surface area contributed by atoms with Crippen molar-refractivity contribution >= 4 is 7.26 Å². The third kappa shape index (κ3) is 22.3. The molecular formula is C29H62ClP. The van der Waals surface area contributed by atoms with Crippen molar-refractivity contribution < 1.29 is 12.4 Å². The van der Waals surface area contributed by atoms with Crippen molar-refractivity contribution in [1.82, 2.24) is 0 Å². The van der Waals surface area contributed by atoms with E-state index < -0.39 is 7.26 Å². The van der Waals surface area contributed by atoms with Crippen molar-refractivity contribution in [3.8, 4) is 0 Å². The van der Waals surface area contributed by atoms with E-state index in [1.807, 2.05) is 0 Å². The van der Waals surface area contributed by atoms with Gasteiger partial charge in [0.05, 0.1) is 24.6 Å². The highest BCUT2D eigenvalue weighted by molar-refractivity contribution is 7.75. The van der Waals surface area contributed by atoms with E-state index in [1.165, 1.54) is 116 Å². The molecule has 0 bridgehead atoms. The Kier molecular flexibility index (Phi) is 29.5. The topological polar surface area (TPSA) is 0 Å². The summed E-state index contributed by atoms with van der Waals surface area (Å²) in [5.74, 6) is 0. The fraction of sp³-hybridized carbons (Fsp3) is 1.00. The summed E-state index contributed by atoms with van der Waals surface area (Å²) in [5, 5.41) is 0. The van der Waals surface area contributed by atoms with E-state index in [2.05, 4.69) is 27.7 Å². The van der Waals surface area contributed by atoms with Gasteiger partial charge in [0.2, 0.25) is 0 Å². The molecule has 0 saturated carbocycles. The Morgan fingerprint density at radius 2 is 0.484 bits per heavy atom. The Labute approximate surface area is 206 Å². The van der Waals surface area contributed by atoms with Crippen molar-refractivity contribution in [3.05, 3.63) is 0 Å². The van der Waals surface area contributed by atoms with Crippen LogP contribution in [0.25, 0.3) is 0 Å². The van der Waals surface area contributed by atoms with Gasteiger partial charge in [-0.2, -0.15) is 0 Å². The van der Waals surface area contributed by atoms with Gasteiger partial charge in [0.1, 0.15) is 0 Å². The van der Waals surface area contributed by atoms with E-state index in [0.29, 0.717) is 0 Å². The molecule has 0 N–H and O–H groups in total. The smallest absolute Gasteiger partial charge is 0.0594 e. The summed E-state index contributed by atoms with van der Waals surface area (Å²) in [4.78, 5) is 0. The van der Waals surface area contributed by atoms with Crippen LogP contribution in [0.3, 0.4) is 0 Å². The third-order valence-electron chi connectivity index (χ3n) is 7.19. The summed E-state index contributed by atoms with van der Waals surface area (Å²) in [5.41, 5.74) is 0. The van der Waals surface area contributed by atoms with Crippen molar-refractivity contribution in [3.63, 3.8) is 0 Å². The Morgan fingerprint density at radius 3 is 0.774 bits per heavy atom. The lowest BCUT2D eigenvalue weighted by molar-refractivity contribution is -0.00000690. The van der Waals surface area contributed by atoms with Crippen LogP contribution < -0.4 is 12.4 Å². The summed E-state index contributed by atoms with van der Waals surface area (Å²) < 4.78 is 0. The number of rotatable bonds is 25. The molecule has 0 fully saturated rings. The molecule has 0 aliphatic heterocycles. The number of hydrogen-bond donors (Lipinski definition) is 0. The maximum absolute atomic E-state index is 2.38. The van der Waals surface area contributed by atoms with E-state index in [9.17, 15) is 0 Å². The number of hydrogen-bond acceptors (Lipinski definition) is 0. The molecule has 0 heterocycles. The third-order valence-corrected chi connectivity index (χ3v) is 12.3. The van der Waals surface area contributed by atoms with Gasteiger partial charge < -0.3 is 12.4 Å². The molecule has 0 unspecified atom stereocenters. The molecule has 0 amide bonds. The maximum atomic E-state index is 2.38. The largest absolute Gasteiger partial charge is 1.00 e. The van der Waals surface area contributed by atoms with Gasteiger partial charge >= 0.3 is 0 Å². The highest BCUT2D eigenvalue weighted by Gasteiger charge is 2.34. The van der Waals surface area contributed by atoms with Crippen molar-refractivity contribution in [2.75, 3.05) is 24.6 Å². The quantitative estimate of drug-likeness (QED) is 0.0917. The summed E-state index contributed by atoms with van der Waals surface area (Å²) >= 11 is 0. The van der Waals surface area contributed by atoms with Crippen molar-refractivity contribution in [2.24, 2.45) is 0 Å². The Balaban J connectivity index is 0. The number of halogens is 1. The molecule has 2 heteroatoms. The maximum Gasteiger partial charge on any atom is 0.0594 e. The van der Waals surface area contributed by atoms with Gasteiger partial charge in [-0.05, 0) is 44.9 Å².